The second-order valence-corrected chi connectivity index (χ2v) is 6.93. The van der Waals surface area contributed by atoms with E-state index in [2.05, 4.69) is 16.0 Å². The average Bonchev–Trinajstić information content (AvgIpc) is 3.30. The van der Waals surface area contributed by atoms with Crippen LogP contribution in [0.1, 0.15) is 19.3 Å². The zero-order chi connectivity index (χ0) is 16.4. The number of nitrogens with one attached hydrogen (secondary N) is 3. The van der Waals surface area contributed by atoms with Gasteiger partial charge in [0.15, 0.2) is 0 Å². The highest BCUT2D eigenvalue weighted by atomic mass is 35.5. The minimum Gasteiger partial charge on any atom is -0.355 e. The summed E-state index contributed by atoms with van der Waals surface area (Å²) in [5.74, 6) is 0.360. The van der Waals surface area contributed by atoms with Crippen LogP contribution in [0.4, 0.5) is 17.1 Å². The Kier molecular flexibility index (Phi) is 5.30. The maximum Gasteiger partial charge on any atom is 0.228 e. The molecule has 1 spiro atoms. The van der Waals surface area contributed by atoms with E-state index in [0.29, 0.717) is 0 Å². The number of piperidine rings is 1. The second-order valence-electron chi connectivity index (χ2n) is 6.93. The minimum atomic E-state index is 0. The maximum absolute atomic E-state index is 12.6. The van der Waals surface area contributed by atoms with Crippen molar-refractivity contribution in [1.29, 1.82) is 0 Å². The van der Waals surface area contributed by atoms with Gasteiger partial charge in [0.05, 0.1) is 0 Å². The van der Waals surface area contributed by atoms with Gasteiger partial charge in [0, 0.05) is 23.0 Å². The number of halogens is 1. The number of rotatable bonds is 4. The first-order valence-corrected chi connectivity index (χ1v) is 8.69. The SMILES string of the molecule is Cl.O=C(Nc1cccc(Nc2ccccc2)c1)C1CC12CCNCC2. The van der Waals surface area contributed by atoms with Crippen LogP contribution in [-0.4, -0.2) is 19.0 Å². The van der Waals surface area contributed by atoms with Gasteiger partial charge < -0.3 is 16.0 Å². The van der Waals surface area contributed by atoms with Crippen molar-refractivity contribution in [2.75, 3.05) is 23.7 Å². The molecule has 3 N–H and O–H groups in total. The lowest BCUT2D eigenvalue weighted by Crippen LogP contribution is -2.31. The number of carbonyl (C=O) groups is 1. The van der Waals surface area contributed by atoms with Gasteiger partial charge in [-0.3, -0.25) is 4.79 Å². The van der Waals surface area contributed by atoms with Crippen molar-refractivity contribution in [1.82, 2.24) is 5.32 Å². The number of hydrogen-bond donors (Lipinski definition) is 3. The van der Waals surface area contributed by atoms with Crippen molar-refractivity contribution in [2.24, 2.45) is 11.3 Å². The van der Waals surface area contributed by atoms with Crippen molar-refractivity contribution in [3.63, 3.8) is 0 Å². The van der Waals surface area contributed by atoms with Crippen LogP contribution in [0, 0.1) is 11.3 Å². The molecule has 132 valence electrons. The normalized spacial score (nSPS) is 20.4. The molecule has 2 aromatic rings. The van der Waals surface area contributed by atoms with Gasteiger partial charge in [-0.25, -0.2) is 0 Å². The van der Waals surface area contributed by atoms with Crippen LogP contribution in [0.15, 0.2) is 54.6 Å². The lowest BCUT2D eigenvalue weighted by Gasteiger charge is -2.23. The first-order chi connectivity index (χ1) is 11.8. The summed E-state index contributed by atoms with van der Waals surface area (Å²) in [6, 6.07) is 18.0. The number of amides is 1. The van der Waals surface area contributed by atoms with Crippen molar-refractivity contribution < 1.29 is 4.79 Å². The van der Waals surface area contributed by atoms with Gasteiger partial charge in [0.25, 0.3) is 0 Å². The fourth-order valence-corrected chi connectivity index (χ4v) is 3.79. The number of anilines is 3. The summed E-state index contributed by atoms with van der Waals surface area (Å²) in [5.41, 5.74) is 3.15. The predicted octanol–water partition coefficient (Wildman–Crippen LogP) is 4.18. The van der Waals surface area contributed by atoms with E-state index in [9.17, 15) is 4.79 Å². The lowest BCUT2D eigenvalue weighted by molar-refractivity contribution is -0.118. The average molecular weight is 358 g/mol. The molecule has 1 heterocycles. The third kappa shape index (κ3) is 3.97. The first-order valence-electron chi connectivity index (χ1n) is 8.69. The Morgan fingerprint density at radius 3 is 2.40 bits per heavy atom. The quantitative estimate of drug-likeness (QED) is 0.769. The highest BCUT2D eigenvalue weighted by Crippen LogP contribution is 2.58. The van der Waals surface area contributed by atoms with Crippen LogP contribution < -0.4 is 16.0 Å². The molecule has 4 rings (SSSR count). The third-order valence-corrected chi connectivity index (χ3v) is 5.30. The summed E-state index contributed by atoms with van der Waals surface area (Å²) in [7, 11) is 0. The molecule has 25 heavy (non-hydrogen) atoms. The Morgan fingerprint density at radius 2 is 1.64 bits per heavy atom. The summed E-state index contributed by atoms with van der Waals surface area (Å²) in [6.07, 6.45) is 3.30. The molecule has 2 aromatic carbocycles. The Morgan fingerprint density at radius 1 is 0.960 bits per heavy atom. The maximum atomic E-state index is 12.6. The van der Waals surface area contributed by atoms with E-state index in [4.69, 9.17) is 0 Å². The summed E-state index contributed by atoms with van der Waals surface area (Å²) in [6.45, 7) is 2.08. The Labute approximate surface area is 154 Å². The third-order valence-electron chi connectivity index (χ3n) is 5.30. The molecule has 1 aliphatic carbocycles. The number of benzene rings is 2. The molecule has 1 aliphatic heterocycles. The minimum absolute atomic E-state index is 0. The fraction of sp³-hybridized carbons (Fsp3) is 0.350. The van der Waals surface area contributed by atoms with E-state index in [1.54, 1.807) is 0 Å². The topological polar surface area (TPSA) is 53.2 Å². The molecule has 1 amide bonds. The Bertz CT molecular complexity index is 729. The van der Waals surface area contributed by atoms with Crippen molar-refractivity contribution in [2.45, 2.75) is 19.3 Å². The lowest BCUT2D eigenvalue weighted by atomic mass is 9.92. The number of hydrogen-bond acceptors (Lipinski definition) is 3. The van der Waals surface area contributed by atoms with E-state index in [0.717, 1.165) is 49.4 Å². The van der Waals surface area contributed by atoms with Gasteiger partial charge in [-0.1, -0.05) is 24.3 Å². The van der Waals surface area contributed by atoms with Crippen molar-refractivity contribution in [3.05, 3.63) is 54.6 Å². The molecule has 0 radical (unpaired) electrons. The van der Waals surface area contributed by atoms with E-state index in [1.165, 1.54) is 0 Å². The number of carbonyl (C=O) groups excluding carboxylic acids is 1. The molecule has 1 atom stereocenters. The van der Waals surface area contributed by atoms with Gasteiger partial charge in [-0.15, -0.1) is 12.4 Å². The zero-order valence-electron chi connectivity index (χ0n) is 14.1. The second kappa shape index (κ2) is 7.46. The van der Waals surface area contributed by atoms with Crippen molar-refractivity contribution in [3.8, 4) is 0 Å². The fourth-order valence-electron chi connectivity index (χ4n) is 3.79. The van der Waals surface area contributed by atoms with Crippen LogP contribution in [0.5, 0.6) is 0 Å². The van der Waals surface area contributed by atoms with Gasteiger partial charge in [0.1, 0.15) is 0 Å². The summed E-state index contributed by atoms with van der Waals surface area (Å²) >= 11 is 0. The standard InChI is InChI=1S/C20H23N3O.ClH/c24-19(18-14-20(18)9-11-21-12-10-20)23-17-8-4-7-16(13-17)22-15-5-2-1-3-6-15;/h1-8,13,18,21-22H,9-12,14H2,(H,23,24);1H. The predicted molar refractivity (Wildman–Crippen MR) is 105 cm³/mol. The molecule has 2 fully saturated rings. The summed E-state index contributed by atoms with van der Waals surface area (Å²) < 4.78 is 0. The first kappa shape index (κ1) is 17.8. The van der Waals surface area contributed by atoms with E-state index < -0.39 is 0 Å². The summed E-state index contributed by atoms with van der Waals surface area (Å²) in [4.78, 5) is 12.6. The molecule has 5 heteroatoms. The van der Waals surface area contributed by atoms with Crippen LogP contribution in [0.3, 0.4) is 0 Å². The molecular weight excluding hydrogens is 334 g/mol. The van der Waals surface area contributed by atoms with Crippen LogP contribution in [-0.2, 0) is 4.79 Å². The number of para-hydroxylation sites is 1. The van der Waals surface area contributed by atoms with Crippen molar-refractivity contribution >= 4 is 35.4 Å². The largest absolute Gasteiger partial charge is 0.355 e. The van der Waals surface area contributed by atoms with Crippen LogP contribution in [0.25, 0.3) is 0 Å². The highest BCUT2D eigenvalue weighted by Gasteiger charge is 2.57. The molecule has 1 saturated heterocycles. The van der Waals surface area contributed by atoms with E-state index >= 15 is 0 Å². The van der Waals surface area contributed by atoms with Crippen LogP contribution in [0.2, 0.25) is 0 Å². The zero-order valence-corrected chi connectivity index (χ0v) is 14.9. The molecule has 1 saturated carbocycles. The Balaban J connectivity index is 0.00000182. The highest BCUT2D eigenvalue weighted by molar-refractivity contribution is 5.95. The molecule has 0 bridgehead atoms. The van der Waals surface area contributed by atoms with E-state index in [1.807, 2.05) is 54.6 Å². The molecular formula is C20H24ClN3O. The summed E-state index contributed by atoms with van der Waals surface area (Å²) in [5, 5.41) is 9.84. The Hall–Kier alpha value is -2.04. The van der Waals surface area contributed by atoms with Gasteiger partial charge in [-0.2, -0.15) is 0 Å². The van der Waals surface area contributed by atoms with Crippen LogP contribution >= 0.6 is 12.4 Å². The van der Waals surface area contributed by atoms with Gasteiger partial charge in [0.2, 0.25) is 5.91 Å². The molecule has 4 nitrogen and oxygen atoms in total. The monoisotopic (exact) mass is 357 g/mol. The molecule has 1 unspecified atom stereocenters. The smallest absolute Gasteiger partial charge is 0.228 e. The molecule has 0 aromatic heterocycles. The molecule has 2 aliphatic rings. The van der Waals surface area contributed by atoms with E-state index in [-0.39, 0.29) is 29.6 Å². The van der Waals surface area contributed by atoms with Gasteiger partial charge in [-0.05, 0) is 68.1 Å². The van der Waals surface area contributed by atoms with Gasteiger partial charge >= 0.3 is 0 Å².